The Morgan fingerprint density at radius 1 is 1.14 bits per heavy atom. The summed E-state index contributed by atoms with van der Waals surface area (Å²) in [5.41, 5.74) is 10.7. The Kier molecular flexibility index (Phi) is 4.28. The number of fused-ring (bicyclic) bond motifs is 2. The highest BCUT2D eigenvalue weighted by molar-refractivity contribution is 5.98. The van der Waals surface area contributed by atoms with Crippen LogP contribution in [-0.2, 0) is 6.54 Å². The number of hydrogen-bond donors (Lipinski definition) is 2. The van der Waals surface area contributed by atoms with Gasteiger partial charge in [0.25, 0.3) is 0 Å². The largest absolute Gasteiger partial charge is 0.493 e. The van der Waals surface area contributed by atoms with Crippen LogP contribution in [0.5, 0.6) is 5.88 Å². The average molecular weight is 374 g/mol. The molecule has 2 heterocycles. The van der Waals surface area contributed by atoms with E-state index in [-0.39, 0.29) is 5.88 Å². The quantitative estimate of drug-likeness (QED) is 0.574. The third-order valence-electron chi connectivity index (χ3n) is 4.92. The number of rotatable bonds is 4. The lowest BCUT2D eigenvalue weighted by Crippen LogP contribution is -2.11. The third kappa shape index (κ3) is 3.08. The first kappa shape index (κ1) is 18.0. The van der Waals surface area contributed by atoms with Gasteiger partial charge in [0.2, 0.25) is 11.8 Å². The number of benzene rings is 2. The summed E-state index contributed by atoms with van der Waals surface area (Å²) in [6, 6.07) is 13.1. The lowest BCUT2D eigenvalue weighted by molar-refractivity contribution is 0.100. The molecule has 0 aliphatic rings. The summed E-state index contributed by atoms with van der Waals surface area (Å²) < 4.78 is 2.08. The minimum atomic E-state index is -0.446. The summed E-state index contributed by atoms with van der Waals surface area (Å²) in [6.07, 6.45) is 2.10. The van der Waals surface area contributed by atoms with Crippen LogP contribution in [0.2, 0.25) is 0 Å². The van der Waals surface area contributed by atoms with Crippen molar-refractivity contribution in [2.24, 2.45) is 5.73 Å². The molecule has 3 N–H and O–H groups in total. The van der Waals surface area contributed by atoms with Crippen LogP contribution in [0.15, 0.2) is 48.7 Å². The molecule has 0 unspecified atom stereocenters. The summed E-state index contributed by atoms with van der Waals surface area (Å²) in [6.45, 7) is 2.73. The minimum Gasteiger partial charge on any atom is -0.493 e. The molecule has 4 rings (SSSR count). The molecule has 1 amide bonds. The Hall–Kier alpha value is -3.38. The van der Waals surface area contributed by atoms with Gasteiger partial charge in [-0.05, 0) is 62.5 Å². The maximum atomic E-state index is 11.7. The number of aromatic nitrogens is 2. The highest BCUT2D eigenvalue weighted by atomic mass is 16.3. The molecular formula is C22H22N4O2. The summed E-state index contributed by atoms with van der Waals surface area (Å²) >= 11 is 0. The second-order valence-electron chi connectivity index (χ2n) is 7.36. The van der Waals surface area contributed by atoms with Crippen LogP contribution in [0, 0.1) is 6.92 Å². The maximum Gasteiger partial charge on any atom is 0.248 e. The molecule has 0 aliphatic heterocycles. The molecule has 6 heteroatoms. The van der Waals surface area contributed by atoms with E-state index in [0.717, 1.165) is 45.2 Å². The molecule has 2 aromatic heterocycles. The van der Waals surface area contributed by atoms with Gasteiger partial charge in [-0.25, -0.2) is 4.98 Å². The molecule has 0 saturated heterocycles. The van der Waals surface area contributed by atoms with Crippen LogP contribution in [0.3, 0.4) is 0 Å². The fraction of sp³-hybridized carbons (Fsp3) is 0.182. The van der Waals surface area contributed by atoms with E-state index in [2.05, 4.69) is 20.6 Å². The number of primary amides is 1. The zero-order chi connectivity index (χ0) is 20.0. The molecule has 28 heavy (non-hydrogen) atoms. The number of amides is 1. The van der Waals surface area contributed by atoms with Crippen molar-refractivity contribution in [2.75, 3.05) is 14.1 Å². The fourth-order valence-corrected chi connectivity index (χ4v) is 3.65. The van der Waals surface area contributed by atoms with Crippen molar-refractivity contribution in [1.29, 1.82) is 0 Å². The Morgan fingerprint density at radius 3 is 2.64 bits per heavy atom. The smallest absolute Gasteiger partial charge is 0.248 e. The first-order chi connectivity index (χ1) is 13.3. The number of nitrogens with two attached hydrogens (primary N) is 1. The molecule has 4 aromatic rings. The van der Waals surface area contributed by atoms with Crippen LogP contribution in [-0.4, -0.2) is 39.6 Å². The number of carbonyl (C=O) groups excluding carboxylic acids is 1. The van der Waals surface area contributed by atoms with Crippen molar-refractivity contribution < 1.29 is 9.90 Å². The van der Waals surface area contributed by atoms with E-state index < -0.39 is 5.91 Å². The van der Waals surface area contributed by atoms with Gasteiger partial charge in [0, 0.05) is 40.8 Å². The topological polar surface area (TPSA) is 84.4 Å². The van der Waals surface area contributed by atoms with Crippen LogP contribution < -0.4 is 5.73 Å². The van der Waals surface area contributed by atoms with E-state index in [4.69, 9.17) is 5.73 Å². The molecule has 0 aliphatic carbocycles. The monoisotopic (exact) mass is 374 g/mol. The first-order valence-electron chi connectivity index (χ1n) is 9.03. The molecular weight excluding hydrogens is 352 g/mol. The second-order valence-corrected chi connectivity index (χ2v) is 7.36. The predicted octanol–water partition coefficient (Wildman–Crippen LogP) is 3.35. The van der Waals surface area contributed by atoms with Crippen LogP contribution in [0.4, 0.5) is 0 Å². The van der Waals surface area contributed by atoms with Crippen molar-refractivity contribution >= 4 is 27.7 Å². The Morgan fingerprint density at radius 2 is 1.93 bits per heavy atom. The van der Waals surface area contributed by atoms with Gasteiger partial charge in [-0.2, -0.15) is 0 Å². The van der Waals surface area contributed by atoms with Gasteiger partial charge in [-0.3, -0.25) is 4.79 Å². The van der Waals surface area contributed by atoms with Crippen molar-refractivity contribution in [2.45, 2.75) is 13.5 Å². The Labute approximate surface area is 162 Å². The second kappa shape index (κ2) is 6.65. The normalized spacial score (nSPS) is 11.6. The summed E-state index contributed by atoms with van der Waals surface area (Å²) in [5, 5.41) is 11.8. The van der Waals surface area contributed by atoms with Gasteiger partial charge in [0.05, 0.1) is 11.0 Å². The van der Waals surface area contributed by atoms with Crippen LogP contribution in [0.1, 0.15) is 21.5 Å². The number of hydrogen-bond acceptors (Lipinski definition) is 4. The van der Waals surface area contributed by atoms with Gasteiger partial charge in [0.15, 0.2) is 0 Å². The van der Waals surface area contributed by atoms with E-state index in [1.807, 2.05) is 51.4 Å². The van der Waals surface area contributed by atoms with Crippen molar-refractivity contribution in [3.63, 3.8) is 0 Å². The van der Waals surface area contributed by atoms with Gasteiger partial charge in [-0.1, -0.05) is 6.07 Å². The number of pyridine rings is 1. The van der Waals surface area contributed by atoms with Gasteiger partial charge < -0.3 is 20.3 Å². The molecule has 0 fully saturated rings. The zero-order valence-electron chi connectivity index (χ0n) is 16.1. The van der Waals surface area contributed by atoms with Crippen LogP contribution >= 0.6 is 0 Å². The van der Waals surface area contributed by atoms with E-state index in [1.165, 1.54) is 0 Å². The number of nitrogens with zero attached hydrogens (tertiary/aromatic N) is 3. The first-order valence-corrected chi connectivity index (χ1v) is 9.03. The Bertz CT molecular complexity index is 1220. The summed E-state index contributed by atoms with van der Waals surface area (Å²) in [4.78, 5) is 18.0. The predicted molar refractivity (Wildman–Crippen MR) is 111 cm³/mol. The molecule has 0 spiro atoms. The third-order valence-corrected chi connectivity index (χ3v) is 4.92. The van der Waals surface area contributed by atoms with Crippen molar-refractivity contribution in [1.82, 2.24) is 14.5 Å². The van der Waals surface area contributed by atoms with Gasteiger partial charge >= 0.3 is 0 Å². The van der Waals surface area contributed by atoms with E-state index in [0.29, 0.717) is 5.56 Å². The number of aromatic hydroxyl groups is 1. The summed E-state index contributed by atoms with van der Waals surface area (Å²) in [7, 11) is 4.05. The zero-order valence-corrected chi connectivity index (χ0v) is 16.1. The minimum absolute atomic E-state index is 0.0172. The lowest BCUT2D eigenvalue weighted by Gasteiger charge is -2.09. The molecule has 0 radical (unpaired) electrons. The molecule has 0 bridgehead atoms. The number of carbonyl (C=O) groups is 1. The van der Waals surface area contributed by atoms with Crippen molar-refractivity contribution in [3.05, 3.63) is 65.4 Å². The molecule has 142 valence electrons. The molecule has 6 nitrogen and oxygen atoms in total. The Balaban J connectivity index is 1.97. The van der Waals surface area contributed by atoms with Crippen molar-refractivity contribution in [3.8, 4) is 11.6 Å². The lowest BCUT2D eigenvalue weighted by atomic mass is 10.1. The molecule has 0 atom stereocenters. The SMILES string of the molecule is Cc1cc(O)nc2ccc(-n3cc(CN(C)C)c4ccc(C(N)=O)cc43)cc12. The van der Waals surface area contributed by atoms with E-state index in [9.17, 15) is 9.90 Å². The van der Waals surface area contributed by atoms with Gasteiger partial charge in [-0.15, -0.1) is 0 Å². The highest BCUT2D eigenvalue weighted by Crippen LogP contribution is 2.29. The average Bonchev–Trinajstić information content (AvgIpc) is 2.98. The molecule has 2 aromatic carbocycles. The summed E-state index contributed by atoms with van der Waals surface area (Å²) in [5.74, 6) is -0.429. The molecule has 0 saturated carbocycles. The highest BCUT2D eigenvalue weighted by Gasteiger charge is 2.14. The maximum absolute atomic E-state index is 11.7. The van der Waals surface area contributed by atoms with Gasteiger partial charge in [0.1, 0.15) is 0 Å². The number of aryl methyl sites for hydroxylation is 1. The van der Waals surface area contributed by atoms with Crippen LogP contribution in [0.25, 0.3) is 27.5 Å². The van der Waals surface area contributed by atoms with E-state index >= 15 is 0 Å². The van der Waals surface area contributed by atoms with E-state index in [1.54, 1.807) is 12.1 Å². The fourth-order valence-electron chi connectivity index (χ4n) is 3.65. The standard InChI is InChI=1S/C22H22N4O2/c1-13-8-21(27)24-19-7-5-16(10-18(13)19)26-12-15(11-25(2)3)17-6-4-14(22(23)28)9-20(17)26/h4-10,12H,11H2,1-3H3,(H2,23,28)(H,24,27).